The molecule has 0 spiro atoms. The van der Waals surface area contributed by atoms with Gasteiger partial charge in [-0.2, -0.15) is 0 Å². The molecular weight excluding hydrogens is 370 g/mol. The molecule has 0 saturated heterocycles. The fourth-order valence-corrected chi connectivity index (χ4v) is 2.00. The fraction of sp³-hybridized carbons (Fsp3) is 0.444. The van der Waals surface area contributed by atoms with Gasteiger partial charge in [0.15, 0.2) is 6.10 Å². The van der Waals surface area contributed by atoms with Crippen LogP contribution in [0.1, 0.15) is 31.1 Å². The number of imide groups is 1. The van der Waals surface area contributed by atoms with E-state index in [9.17, 15) is 19.2 Å². The first-order valence-electron chi connectivity index (χ1n) is 8.48. The molecular formula is C18H25N3O7. The maximum atomic E-state index is 12.2. The third-order valence-corrected chi connectivity index (χ3v) is 3.34. The Hall–Kier alpha value is -3.30. The normalized spacial score (nSPS) is 11.2. The number of carbonyl (C=O) groups excluding carboxylic acids is 4. The van der Waals surface area contributed by atoms with Gasteiger partial charge in [0.1, 0.15) is 18.0 Å². The van der Waals surface area contributed by atoms with E-state index in [1.807, 2.05) is 0 Å². The molecule has 1 aromatic rings. The zero-order chi connectivity index (χ0) is 21.3. The summed E-state index contributed by atoms with van der Waals surface area (Å²) in [6.07, 6.45) is -1.21. The van der Waals surface area contributed by atoms with Crippen molar-refractivity contribution in [3.8, 4) is 11.5 Å². The largest absolute Gasteiger partial charge is 0.497 e. The smallest absolute Gasteiger partial charge is 0.326 e. The Balaban J connectivity index is 2.54. The highest BCUT2D eigenvalue weighted by Crippen LogP contribution is 2.22. The molecule has 1 rings (SSSR count). The van der Waals surface area contributed by atoms with E-state index < -0.39 is 36.5 Å². The molecule has 4 amide bonds. The van der Waals surface area contributed by atoms with E-state index in [1.54, 1.807) is 19.9 Å². The minimum atomic E-state index is -1.21. The predicted molar refractivity (Wildman–Crippen MR) is 99.2 cm³/mol. The molecule has 0 unspecified atom stereocenters. The van der Waals surface area contributed by atoms with Crippen LogP contribution in [-0.2, 0) is 14.3 Å². The lowest BCUT2D eigenvalue weighted by molar-refractivity contribution is -0.153. The van der Waals surface area contributed by atoms with Gasteiger partial charge < -0.3 is 24.8 Å². The maximum absolute atomic E-state index is 12.2. The lowest BCUT2D eigenvalue weighted by Gasteiger charge is -2.14. The summed E-state index contributed by atoms with van der Waals surface area (Å²) < 4.78 is 15.1. The van der Waals surface area contributed by atoms with Crippen LogP contribution in [0.15, 0.2) is 18.2 Å². The monoisotopic (exact) mass is 395 g/mol. The first-order valence-corrected chi connectivity index (χ1v) is 8.48. The van der Waals surface area contributed by atoms with Gasteiger partial charge in [-0.1, -0.05) is 0 Å². The van der Waals surface area contributed by atoms with Crippen molar-refractivity contribution in [2.75, 3.05) is 20.8 Å². The molecule has 1 aromatic carbocycles. The maximum Gasteiger partial charge on any atom is 0.326 e. The van der Waals surface area contributed by atoms with Crippen LogP contribution < -0.4 is 25.4 Å². The molecule has 10 heteroatoms. The van der Waals surface area contributed by atoms with E-state index in [0.717, 1.165) is 0 Å². The number of methoxy groups -OCH3 is 2. The molecule has 0 bridgehead atoms. The van der Waals surface area contributed by atoms with Crippen LogP contribution in [0.5, 0.6) is 11.5 Å². The van der Waals surface area contributed by atoms with Crippen LogP contribution in [-0.4, -0.2) is 56.7 Å². The average Bonchev–Trinajstić information content (AvgIpc) is 2.64. The van der Waals surface area contributed by atoms with Crippen molar-refractivity contribution in [3.05, 3.63) is 23.8 Å². The molecule has 1 atom stereocenters. The quantitative estimate of drug-likeness (QED) is 0.549. The number of carbonyl (C=O) groups is 4. The minimum absolute atomic E-state index is 0.156. The summed E-state index contributed by atoms with van der Waals surface area (Å²) in [6.45, 7) is 4.31. The average molecular weight is 395 g/mol. The molecule has 0 saturated carbocycles. The van der Waals surface area contributed by atoms with Gasteiger partial charge in [0.25, 0.3) is 11.8 Å². The number of hydrogen-bond donors (Lipinski definition) is 3. The third-order valence-electron chi connectivity index (χ3n) is 3.34. The van der Waals surface area contributed by atoms with Crippen LogP contribution in [0.2, 0.25) is 0 Å². The van der Waals surface area contributed by atoms with Crippen molar-refractivity contribution in [1.29, 1.82) is 0 Å². The Bertz CT molecular complexity index is 712. The van der Waals surface area contributed by atoms with Crippen molar-refractivity contribution in [3.63, 3.8) is 0 Å². The standard InChI is InChI=1S/C18H25N3O7/c1-10(2)20-18(25)21-16(23)11(3)28-15(22)9-19-17(24)12-6-13(26-4)8-14(7-12)27-5/h6-8,10-11H,9H2,1-5H3,(H,19,24)(H2,20,21,23,25)/t11-/m0/s1. The Morgan fingerprint density at radius 2 is 1.54 bits per heavy atom. The van der Waals surface area contributed by atoms with Crippen LogP contribution in [0, 0.1) is 0 Å². The van der Waals surface area contributed by atoms with E-state index in [4.69, 9.17) is 14.2 Å². The SMILES string of the molecule is COc1cc(OC)cc(C(=O)NCC(=O)O[C@@H](C)C(=O)NC(=O)NC(C)C)c1. The van der Waals surface area contributed by atoms with Crippen molar-refractivity contribution < 1.29 is 33.4 Å². The first kappa shape index (κ1) is 22.7. The second-order valence-electron chi connectivity index (χ2n) is 6.03. The van der Waals surface area contributed by atoms with E-state index in [-0.39, 0.29) is 11.6 Å². The number of urea groups is 1. The number of amides is 4. The van der Waals surface area contributed by atoms with Gasteiger partial charge in [-0.05, 0) is 32.9 Å². The Morgan fingerprint density at radius 1 is 0.964 bits per heavy atom. The van der Waals surface area contributed by atoms with Crippen LogP contribution >= 0.6 is 0 Å². The van der Waals surface area contributed by atoms with Crippen LogP contribution in [0.3, 0.4) is 0 Å². The number of benzene rings is 1. The van der Waals surface area contributed by atoms with E-state index >= 15 is 0 Å². The Morgan fingerprint density at radius 3 is 2.04 bits per heavy atom. The second kappa shape index (κ2) is 10.8. The van der Waals surface area contributed by atoms with Crippen molar-refractivity contribution in [2.24, 2.45) is 0 Å². The van der Waals surface area contributed by atoms with Gasteiger partial charge in [0.2, 0.25) is 0 Å². The van der Waals surface area contributed by atoms with Crippen molar-refractivity contribution in [1.82, 2.24) is 16.0 Å². The predicted octanol–water partition coefficient (Wildman–Crippen LogP) is 0.600. The zero-order valence-electron chi connectivity index (χ0n) is 16.5. The highest BCUT2D eigenvalue weighted by molar-refractivity contribution is 5.98. The minimum Gasteiger partial charge on any atom is -0.497 e. The molecule has 0 radical (unpaired) electrons. The van der Waals surface area contributed by atoms with Gasteiger partial charge in [-0.15, -0.1) is 0 Å². The van der Waals surface area contributed by atoms with Gasteiger partial charge in [-0.25, -0.2) is 4.79 Å². The topological polar surface area (TPSA) is 132 Å². The fourth-order valence-electron chi connectivity index (χ4n) is 2.00. The van der Waals surface area contributed by atoms with Crippen molar-refractivity contribution in [2.45, 2.75) is 32.9 Å². The molecule has 28 heavy (non-hydrogen) atoms. The molecule has 0 fully saturated rings. The number of rotatable bonds is 8. The summed E-state index contributed by atoms with van der Waals surface area (Å²) in [5.41, 5.74) is 0.222. The first-order chi connectivity index (χ1) is 13.2. The summed E-state index contributed by atoms with van der Waals surface area (Å²) in [4.78, 5) is 47.3. The molecule has 10 nitrogen and oxygen atoms in total. The van der Waals surface area contributed by atoms with E-state index in [1.165, 1.54) is 33.3 Å². The summed E-state index contributed by atoms with van der Waals surface area (Å²) in [5, 5.41) is 6.90. The third kappa shape index (κ3) is 7.52. The summed E-state index contributed by atoms with van der Waals surface area (Å²) in [6, 6.07) is 3.71. The highest BCUT2D eigenvalue weighted by atomic mass is 16.5. The molecule has 0 aliphatic rings. The van der Waals surface area contributed by atoms with Crippen molar-refractivity contribution >= 4 is 23.8 Å². The van der Waals surface area contributed by atoms with Gasteiger partial charge in [0.05, 0.1) is 14.2 Å². The number of nitrogens with one attached hydrogen (secondary N) is 3. The molecule has 154 valence electrons. The molecule has 0 aliphatic carbocycles. The van der Waals surface area contributed by atoms with Gasteiger partial charge >= 0.3 is 12.0 Å². The molecule has 0 aliphatic heterocycles. The van der Waals surface area contributed by atoms with Gasteiger partial charge in [-0.3, -0.25) is 19.7 Å². The lowest BCUT2D eigenvalue weighted by Crippen LogP contribution is -2.47. The Kier molecular flexibility index (Phi) is 8.73. The van der Waals surface area contributed by atoms with Crippen LogP contribution in [0.4, 0.5) is 4.79 Å². The van der Waals surface area contributed by atoms with Crippen LogP contribution in [0.25, 0.3) is 0 Å². The lowest BCUT2D eigenvalue weighted by atomic mass is 10.2. The highest BCUT2D eigenvalue weighted by Gasteiger charge is 2.20. The van der Waals surface area contributed by atoms with Gasteiger partial charge in [0, 0.05) is 17.7 Å². The van der Waals surface area contributed by atoms with E-state index in [0.29, 0.717) is 11.5 Å². The van der Waals surface area contributed by atoms with E-state index in [2.05, 4.69) is 16.0 Å². The number of hydrogen-bond acceptors (Lipinski definition) is 7. The second-order valence-corrected chi connectivity index (χ2v) is 6.03. The summed E-state index contributed by atoms with van der Waals surface area (Å²) >= 11 is 0. The Labute approximate surface area is 162 Å². The molecule has 0 aromatic heterocycles. The molecule has 3 N–H and O–H groups in total. The number of esters is 1. The molecule has 0 heterocycles. The summed E-state index contributed by atoms with van der Waals surface area (Å²) in [5.74, 6) is -1.35. The zero-order valence-corrected chi connectivity index (χ0v) is 16.5. The summed E-state index contributed by atoms with van der Waals surface area (Å²) in [7, 11) is 2.89. The number of ether oxygens (including phenoxy) is 3.